The summed E-state index contributed by atoms with van der Waals surface area (Å²) in [5.41, 5.74) is 7.63. The maximum atomic E-state index is 12.8. The third-order valence-corrected chi connectivity index (χ3v) is 6.20. The Labute approximate surface area is 142 Å². The number of aryl methyl sites for hydroxylation is 2. The third kappa shape index (κ3) is 3.14. The summed E-state index contributed by atoms with van der Waals surface area (Å²) in [4.78, 5) is 0.161. The molecule has 2 N–H and O–H groups in total. The van der Waals surface area contributed by atoms with Crippen molar-refractivity contribution in [3.8, 4) is 0 Å². The molecule has 0 saturated carbocycles. The summed E-state index contributed by atoms with van der Waals surface area (Å²) in [6.45, 7) is 3.91. The van der Waals surface area contributed by atoms with Crippen LogP contribution in [0.15, 0.2) is 39.8 Å². The zero-order valence-electron chi connectivity index (χ0n) is 13.0. The van der Waals surface area contributed by atoms with Gasteiger partial charge in [0.05, 0.1) is 0 Å². The second kappa shape index (κ2) is 6.60. The summed E-state index contributed by atoms with van der Waals surface area (Å²) < 4.78 is 32.1. The molecular weight excluding hydrogens is 338 g/mol. The first-order valence-corrected chi connectivity index (χ1v) is 8.59. The smallest absolute Gasteiger partial charge is 0.248 e. The van der Waals surface area contributed by atoms with Gasteiger partial charge in [-0.15, -0.1) is 12.4 Å². The predicted molar refractivity (Wildman–Crippen MR) is 89.1 cm³/mol. The Kier molecular flexibility index (Phi) is 5.15. The quantitative estimate of drug-likeness (QED) is 0.905. The standard InChI is InChI=1S/C15H19N3O3S.ClH/c1-10-15(11(2)21-17-10)22(19,20)18-8-13(14(16)9-18)12-6-4-3-5-7-12;/h3-7,13-14H,8-9,16H2,1-2H3;1H/t13-,14+;/m0./s1. The van der Waals surface area contributed by atoms with Gasteiger partial charge < -0.3 is 10.3 Å². The molecule has 6 nitrogen and oxygen atoms in total. The molecule has 0 amide bonds. The minimum Gasteiger partial charge on any atom is -0.360 e. The molecule has 1 aromatic carbocycles. The van der Waals surface area contributed by atoms with Crippen LogP contribution >= 0.6 is 12.4 Å². The number of nitrogens with two attached hydrogens (primary N) is 1. The Morgan fingerprint density at radius 3 is 2.43 bits per heavy atom. The second-order valence-corrected chi connectivity index (χ2v) is 7.53. The SMILES string of the molecule is Cc1noc(C)c1S(=O)(=O)N1C[C@@H](N)[C@H](c2ccccc2)C1.Cl. The van der Waals surface area contributed by atoms with E-state index in [4.69, 9.17) is 10.3 Å². The van der Waals surface area contributed by atoms with E-state index in [1.54, 1.807) is 13.8 Å². The monoisotopic (exact) mass is 357 g/mol. The van der Waals surface area contributed by atoms with Crippen LogP contribution in [-0.2, 0) is 10.0 Å². The molecule has 0 radical (unpaired) electrons. The molecule has 1 saturated heterocycles. The molecule has 3 rings (SSSR count). The minimum absolute atomic E-state index is 0. The average Bonchev–Trinajstić information content (AvgIpc) is 3.03. The van der Waals surface area contributed by atoms with Crippen molar-refractivity contribution >= 4 is 22.4 Å². The largest absolute Gasteiger partial charge is 0.360 e. The summed E-state index contributed by atoms with van der Waals surface area (Å²) in [5.74, 6) is 0.311. The first-order chi connectivity index (χ1) is 10.4. The molecule has 126 valence electrons. The number of hydrogen-bond donors (Lipinski definition) is 1. The highest BCUT2D eigenvalue weighted by Gasteiger charge is 2.40. The number of nitrogens with zero attached hydrogens (tertiary/aromatic N) is 2. The molecule has 1 aromatic heterocycles. The normalized spacial score (nSPS) is 22.0. The van der Waals surface area contributed by atoms with E-state index < -0.39 is 10.0 Å². The van der Waals surface area contributed by atoms with Crippen molar-refractivity contribution < 1.29 is 12.9 Å². The number of halogens is 1. The topological polar surface area (TPSA) is 89.4 Å². The van der Waals surface area contributed by atoms with Crippen LogP contribution in [0.25, 0.3) is 0 Å². The molecule has 1 aliphatic rings. The van der Waals surface area contributed by atoms with E-state index in [1.165, 1.54) is 4.31 Å². The summed E-state index contributed by atoms with van der Waals surface area (Å²) in [7, 11) is -3.63. The van der Waals surface area contributed by atoms with Crippen LogP contribution in [0.1, 0.15) is 22.9 Å². The molecule has 0 spiro atoms. The number of aromatic nitrogens is 1. The van der Waals surface area contributed by atoms with Gasteiger partial charge in [0.2, 0.25) is 10.0 Å². The van der Waals surface area contributed by atoms with Crippen molar-refractivity contribution in [3.05, 3.63) is 47.3 Å². The Balaban J connectivity index is 0.00000192. The highest BCUT2D eigenvalue weighted by atomic mass is 35.5. The van der Waals surface area contributed by atoms with Crippen LogP contribution in [0.5, 0.6) is 0 Å². The van der Waals surface area contributed by atoms with Crippen molar-refractivity contribution in [2.24, 2.45) is 5.73 Å². The molecule has 2 atom stereocenters. The Morgan fingerprint density at radius 2 is 1.87 bits per heavy atom. The van der Waals surface area contributed by atoms with Crippen LogP contribution in [0.2, 0.25) is 0 Å². The Bertz CT molecular complexity index is 757. The molecule has 0 bridgehead atoms. The fourth-order valence-electron chi connectivity index (χ4n) is 3.01. The molecular formula is C15H20ClN3O3S. The van der Waals surface area contributed by atoms with E-state index in [1.807, 2.05) is 30.3 Å². The van der Waals surface area contributed by atoms with Gasteiger partial charge in [-0.1, -0.05) is 35.5 Å². The zero-order chi connectivity index (χ0) is 15.9. The Morgan fingerprint density at radius 1 is 1.22 bits per heavy atom. The lowest BCUT2D eigenvalue weighted by atomic mass is 9.95. The zero-order valence-corrected chi connectivity index (χ0v) is 14.6. The lowest BCUT2D eigenvalue weighted by molar-refractivity contribution is 0.389. The van der Waals surface area contributed by atoms with E-state index in [0.717, 1.165) is 5.56 Å². The van der Waals surface area contributed by atoms with Crippen molar-refractivity contribution in [2.75, 3.05) is 13.1 Å². The fourth-order valence-corrected chi connectivity index (χ4v) is 4.81. The minimum atomic E-state index is -3.63. The van der Waals surface area contributed by atoms with Gasteiger partial charge in [0.15, 0.2) is 5.76 Å². The van der Waals surface area contributed by atoms with E-state index in [2.05, 4.69) is 5.16 Å². The third-order valence-electron chi connectivity index (χ3n) is 4.13. The summed E-state index contributed by atoms with van der Waals surface area (Å²) in [6.07, 6.45) is 0. The van der Waals surface area contributed by atoms with Gasteiger partial charge in [-0.2, -0.15) is 4.31 Å². The van der Waals surface area contributed by atoms with Gasteiger partial charge >= 0.3 is 0 Å². The average molecular weight is 358 g/mol. The summed E-state index contributed by atoms with van der Waals surface area (Å²) >= 11 is 0. The molecule has 1 aliphatic heterocycles. The van der Waals surface area contributed by atoms with Crippen LogP contribution in [0.3, 0.4) is 0 Å². The van der Waals surface area contributed by atoms with Crippen LogP contribution in [0, 0.1) is 13.8 Å². The molecule has 2 heterocycles. The molecule has 8 heteroatoms. The Hall–Kier alpha value is -1.41. The molecule has 23 heavy (non-hydrogen) atoms. The van der Waals surface area contributed by atoms with Gasteiger partial charge in [0.25, 0.3) is 0 Å². The van der Waals surface area contributed by atoms with Gasteiger partial charge in [-0.05, 0) is 19.4 Å². The fraction of sp³-hybridized carbons (Fsp3) is 0.400. The summed E-state index contributed by atoms with van der Waals surface area (Å²) in [6, 6.07) is 9.55. The molecule has 0 aliphatic carbocycles. The van der Waals surface area contributed by atoms with Gasteiger partial charge in [0, 0.05) is 25.0 Å². The van der Waals surface area contributed by atoms with Crippen molar-refractivity contribution in [1.82, 2.24) is 9.46 Å². The number of rotatable bonds is 3. The maximum absolute atomic E-state index is 12.8. The van der Waals surface area contributed by atoms with Crippen LogP contribution < -0.4 is 5.73 Å². The second-order valence-electron chi connectivity index (χ2n) is 5.66. The predicted octanol–water partition coefficient (Wildman–Crippen LogP) is 1.83. The van der Waals surface area contributed by atoms with E-state index >= 15 is 0 Å². The highest BCUT2D eigenvalue weighted by Crippen LogP contribution is 2.32. The van der Waals surface area contributed by atoms with Gasteiger partial charge in [-0.25, -0.2) is 8.42 Å². The molecule has 1 fully saturated rings. The molecule has 0 unspecified atom stereocenters. The van der Waals surface area contributed by atoms with Crippen molar-refractivity contribution in [3.63, 3.8) is 0 Å². The number of sulfonamides is 1. The maximum Gasteiger partial charge on any atom is 0.248 e. The van der Waals surface area contributed by atoms with Gasteiger partial charge in [0.1, 0.15) is 10.6 Å². The van der Waals surface area contributed by atoms with E-state index in [-0.39, 0.29) is 29.3 Å². The van der Waals surface area contributed by atoms with Crippen LogP contribution in [0.4, 0.5) is 0 Å². The lowest BCUT2D eigenvalue weighted by Crippen LogP contribution is -2.32. The van der Waals surface area contributed by atoms with Gasteiger partial charge in [-0.3, -0.25) is 0 Å². The van der Waals surface area contributed by atoms with Crippen LogP contribution in [-0.4, -0.2) is 37.0 Å². The first kappa shape index (κ1) is 17.9. The first-order valence-electron chi connectivity index (χ1n) is 7.15. The van der Waals surface area contributed by atoms with E-state index in [0.29, 0.717) is 24.5 Å². The van der Waals surface area contributed by atoms with E-state index in [9.17, 15) is 8.42 Å². The molecule has 2 aromatic rings. The number of benzene rings is 1. The lowest BCUT2D eigenvalue weighted by Gasteiger charge is -2.16. The highest BCUT2D eigenvalue weighted by molar-refractivity contribution is 7.89. The van der Waals surface area contributed by atoms with Crippen molar-refractivity contribution in [2.45, 2.75) is 30.7 Å². The van der Waals surface area contributed by atoms with Crippen molar-refractivity contribution in [1.29, 1.82) is 0 Å². The summed E-state index contributed by atoms with van der Waals surface area (Å²) in [5, 5.41) is 3.74. The number of hydrogen-bond acceptors (Lipinski definition) is 5.